The van der Waals surface area contributed by atoms with Crippen LogP contribution in [0, 0.1) is 5.92 Å². The van der Waals surface area contributed by atoms with E-state index in [4.69, 9.17) is 0 Å². The molecule has 0 saturated carbocycles. The monoisotopic (exact) mass is 395 g/mol. The van der Waals surface area contributed by atoms with E-state index in [1.165, 1.54) is 32.2 Å². The molecule has 1 aromatic heterocycles. The van der Waals surface area contributed by atoms with E-state index in [2.05, 4.69) is 21.3 Å². The van der Waals surface area contributed by atoms with Crippen LogP contribution in [-0.2, 0) is 4.79 Å². The molecule has 4 rings (SSSR count). The van der Waals surface area contributed by atoms with Crippen molar-refractivity contribution in [3.63, 3.8) is 0 Å². The molecule has 0 radical (unpaired) electrons. The van der Waals surface area contributed by atoms with Crippen molar-refractivity contribution in [3.8, 4) is 0 Å². The van der Waals surface area contributed by atoms with E-state index in [0.717, 1.165) is 54.7 Å². The van der Waals surface area contributed by atoms with Gasteiger partial charge in [-0.2, -0.15) is 0 Å². The zero-order valence-corrected chi connectivity index (χ0v) is 17.2. The summed E-state index contributed by atoms with van der Waals surface area (Å²) in [6, 6.07) is 10.2. The fourth-order valence-electron chi connectivity index (χ4n) is 5.23. The highest BCUT2D eigenvalue weighted by atomic mass is 16.4. The second-order valence-corrected chi connectivity index (χ2v) is 8.73. The lowest BCUT2D eigenvalue weighted by Gasteiger charge is -2.44. The van der Waals surface area contributed by atoms with E-state index in [9.17, 15) is 9.90 Å². The molecule has 2 aliphatic heterocycles. The summed E-state index contributed by atoms with van der Waals surface area (Å²) in [4.78, 5) is 18.6. The number of benzene rings is 1. The van der Waals surface area contributed by atoms with E-state index < -0.39 is 5.97 Å². The smallest absolute Gasteiger partial charge is 0.303 e. The Morgan fingerprint density at radius 1 is 1.24 bits per heavy atom. The molecule has 1 aromatic carbocycles. The minimum Gasteiger partial charge on any atom is -0.481 e. The van der Waals surface area contributed by atoms with Gasteiger partial charge < -0.3 is 10.4 Å². The second-order valence-electron chi connectivity index (χ2n) is 8.73. The summed E-state index contributed by atoms with van der Waals surface area (Å²) >= 11 is 0. The van der Waals surface area contributed by atoms with Crippen LogP contribution in [0.5, 0.6) is 0 Å². The predicted molar refractivity (Wildman–Crippen MR) is 116 cm³/mol. The van der Waals surface area contributed by atoms with E-state index in [-0.39, 0.29) is 12.3 Å². The number of carbonyl (C=O) groups is 1. The highest BCUT2D eigenvalue weighted by molar-refractivity contribution is 5.79. The maximum atomic E-state index is 11.4. The van der Waals surface area contributed by atoms with Crippen LogP contribution in [-0.4, -0.2) is 46.8 Å². The number of hydrogen-bond acceptors (Lipinski definition) is 4. The van der Waals surface area contributed by atoms with Crippen LogP contribution >= 0.6 is 0 Å². The van der Waals surface area contributed by atoms with Gasteiger partial charge in [0, 0.05) is 11.6 Å². The molecule has 0 aliphatic carbocycles. The Kier molecular flexibility index (Phi) is 6.78. The molecule has 0 bridgehead atoms. The van der Waals surface area contributed by atoms with Gasteiger partial charge in [-0.25, -0.2) is 0 Å². The molecule has 5 heteroatoms. The number of aromatic nitrogens is 1. The van der Waals surface area contributed by atoms with Crippen molar-refractivity contribution in [1.82, 2.24) is 15.2 Å². The number of nitrogens with zero attached hydrogens (tertiary/aromatic N) is 2. The molecule has 3 unspecified atom stereocenters. The average molecular weight is 396 g/mol. The quantitative estimate of drug-likeness (QED) is 0.649. The number of para-hydroxylation sites is 1. The number of likely N-dealkylation sites (tertiary alicyclic amines) is 1. The molecule has 0 amide bonds. The molecule has 156 valence electrons. The van der Waals surface area contributed by atoms with Gasteiger partial charge in [0.05, 0.1) is 18.1 Å². The first kappa shape index (κ1) is 20.3. The van der Waals surface area contributed by atoms with Crippen LogP contribution in [0.15, 0.2) is 36.5 Å². The van der Waals surface area contributed by atoms with Crippen molar-refractivity contribution in [1.29, 1.82) is 0 Å². The van der Waals surface area contributed by atoms with Crippen molar-refractivity contribution >= 4 is 16.9 Å². The lowest BCUT2D eigenvalue weighted by molar-refractivity contribution is -0.137. The van der Waals surface area contributed by atoms with Gasteiger partial charge in [-0.3, -0.25) is 14.7 Å². The standard InChI is InChI=1S/C24H33N3O2/c28-23(29)16-19(21-15-20-8-1-2-11-22(20)26-17-21)7-3-4-13-27-14-6-10-18-9-5-12-25-24(18)27/h1-2,8,11,15,17-19,24-25H,3-7,9-10,12-14,16H2,(H,28,29). The number of piperidine rings is 2. The number of hydrogen-bond donors (Lipinski definition) is 2. The molecule has 2 aliphatic rings. The molecule has 3 heterocycles. The minimum absolute atomic E-state index is 0.0338. The van der Waals surface area contributed by atoms with Crippen molar-refractivity contribution < 1.29 is 9.90 Å². The number of nitrogens with one attached hydrogen (secondary N) is 1. The Morgan fingerprint density at radius 3 is 3.00 bits per heavy atom. The minimum atomic E-state index is -0.728. The lowest BCUT2D eigenvalue weighted by atomic mass is 9.87. The van der Waals surface area contributed by atoms with Crippen molar-refractivity contribution in [2.24, 2.45) is 5.92 Å². The summed E-state index contributed by atoms with van der Waals surface area (Å²) in [7, 11) is 0. The maximum absolute atomic E-state index is 11.4. The third kappa shape index (κ3) is 5.14. The molecular formula is C24H33N3O2. The fourth-order valence-corrected chi connectivity index (χ4v) is 5.23. The largest absolute Gasteiger partial charge is 0.481 e. The molecule has 2 aromatic rings. The Hall–Kier alpha value is -1.98. The van der Waals surface area contributed by atoms with Gasteiger partial charge in [-0.05, 0) is 87.7 Å². The summed E-state index contributed by atoms with van der Waals surface area (Å²) in [6.45, 7) is 3.46. The first-order valence-corrected chi connectivity index (χ1v) is 11.2. The Balaban J connectivity index is 1.34. The number of carboxylic acids is 1. The van der Waals surface area contributed by atoms with Gasteiger partial charge in [0.15, 0.2) is 0 Å². The normalized spacial score (nSPS) is 23.6. The van der Waals surface area contributed by atoms with Crippen molar-refractivity contribution in [3.05, 3.63) is 42.1 Å². The van der Waals surface area contributed by atoms with Crippen LogP contribution in [0.3, 0.4) is 0 Å². The summed E-state index contributed by atoms with van der Waals surface area (Å²) in [5.41, 5.74) is 2.02. The van der Waals surface area contributed by atoms with Gasteiger partial charge in [-0.1, -0.05) is 24.6 Å². The number of pyridine rings is 1. The van der Waals surface area contributed by atoms with E-state index in [0.29, 0.717) is 6.17 Å². The van der Waals surface area contributed by atoms with Gasteiger partial charge in [0.2, 0.25) is 0 Å². The summed E-state index contributed by atoms with van der Waals surface area (Å²) in [5, 5.41) is 14.2. The van der Waals surface area contributed by atoms with Crippen LogP contribution in [0.1, 0.15) is 62.8 Å². The number of fused-ring (bicyclic) bond motifs is 2. The number of unbranched alkanes of at least 4 members (excludes halogenated alkanes) is 1. The number of aliphatic carboxylic acids is 1. The molecule has 2 saturated heterocycles. The third-order valence-electron chi connectivity index (χ3n) is 6.72. The summed E-state index contributed by atoms with van der Waals surface area (Å²) in [5.74, 6) is 0.126. The van der Waals surface area contributed by atoms with Crippen LogP contribution in [0.4, 0.5) is 0 Å². The molecule has 0 spiro atoms. The van der Waals surface area contributed by atoms with Crippen molar-refractivity contribution in [2.75, 3.05) is 19.6 Å². The van der Waals surface area contributed by atoms with Gasteiger partial charge in [-0.15, -0.1) is 0 Å². The first-order chi connectivity index (χ1) is 14.2. The predicted octanol–water partition coefficient (Wildman–Crippen LogP) is 4.38. The van der Waals surface area contributed by atoms with Crippen LogP contribution in [0.25, 0.3) is 10.9 Å². The van der Waals surface area contributed by atoms with Gasteiger partial charge >= 0.3 is 5.97 Å². The van der Waals surface area contributed by atoms with Gasteiger partial charge in [0.1, 0.15) is 0 Å². The highest BCUT2D eigenvalue weighted by Gasteiger charge is 2.32. The third-order valence-corrected chi connectivity index (χ3v) is 6.72. The molecular weight excluding hydrogens is 362 g/mol. The van der Waals surface area contributed by atoms with Crippen LogP contribution in [0.2, 0.25) is 0 Å². The SMILES string of the molecule is O=C(O)CC(CCCCN1CCCC2CCCNC21)c1cnc2ccccc2c1. The Morgan fingerprint density at radius 2 is 2.10 bits per heavy atom. The van der Waals surface area contributed by atoms with E-state index in [1.807, 2.05) is 30.5 Å². The summed E-state index contributed by atoms with van der Waals surface area (Å²) in [6.07, 6.45) is 11.1. The zero-order chi connectivity index (χ0) is 20.1. The van der Waals surface area contributed by atoms with E-state index in [1.54, 1.807) is 0 Å². The number of rotatable bonds is 8. The lowest BCUT2D eigenvalue weighted by Crippen LogP contribution is -2.56. The molecule has 29 heavy (non-hydrogen) atoms. The topological polar surface area (TPSA) is 65.5 Å². The van der Waals surface area contributed by atoms with Gasteiger partial charge in [0.25, 0.3) is 0 Å². The molecule has 5 nitrogen and oxygen atoms in total. The second kappa shape index (κ2) is 9.68. The Bertz CT molecular complexity index is 823. The van der Waals surface area contributed by atoms with Crippen LogP contribution < -0.4 is 5.32 Å². The maximum Gasteiger partial charge on any atom is 0.303 e. The number of carboxylic acid groups (broad SMARTS) is 1. The first-order valence-electron chi connectivity index (χ1n) is 11.2. The van der Waals surface area contributed by atoms with E-state index >= 15 is 0 Å². The average Bonchev–Trinajstić information content (AvgIpc) is 2.75. The highest BCUT2D eigenvalue weighted by Crippen LogP contribution is 2.30. The Labute approximate surface area is 173 Å². The molecule has 2 fully saturated rings. The molecule has 2 N–H and O–H groups in total. The fraction of sp³-hybridized carbons (Fsp3) is 0.583. The van der Waals surface area contributed by atoms with Crippen molar-refractivity contribution in [2.45, 2.75) is 63.5 Å². The summed E-state index contributed by atoms with van der Waals surface area (Å²) < 4.78 is 0. The zero-order valence-electron chi connectivity index (χ0n) is 17.2. The molecule has 3 atom stereocenters.